The van der Waals surface area contributed by atoms with Gasteiger partial charge in [-0.25, -0.2) is 0 Å². The molecule has 4 rings (SSSR count). The molecule has 2 aliphatic rings. The van der Waals surface area contributed by atoms with Crippen LogP contribution in [0.4, 0.5) is 0 Å². The number of aromatic amines is 1. The number of aryl methyl sites for hydroxylation is 2. The van der Waals surface area contributed by atoms with Crippen LogP contribution in [0.1, 0.15) is 74.7 Å². The van der Waals surface area contributed by atoms with E-state index < -0.39 is 0 Å². The van der Waals surface area contributed by atoms with Crippen LogP contribution in [-0.4, -0.2) is 27.4 Å². The molecular formula is C22H31N3O. The first-order chi connectivity index (χ1) is 12.7. The molecule has 2 aromatic rings. The topological polar surface area (TPSA) is 50.8 Å². The molecule has 1 saturated heterocycles. The first kappa shape index (κ1) is 17.7. The van der Waals surface area contributed by atoms with Crippen LogP contribution in [0.5, 0.6) is 0 Å². The summed E-state index contributed by atoms with van der Waals surface area (Å²) in [5.41, 5.74) is 4.16. The number of hydrogen-bond donors (Lipinski definition) is 1. The molecule has 1 spiro atoms. The van der Waals surface area contributed by atoms with Crippen LogP contribution >= 0.6 is 0 Å². The second-order valence-electron chi connectivity index (χ2n) is 8.39. The van der Waals surface area contributed by atoms with E-state index in [1.165, 1.54) is 61.9 Å². The predicted octanol–water partition coefficient (Wildman–Crippen LogP) is 4.89. The second-order valence-corrected chi connectivity index (χ2v) is 8.39. The zero-order valence-electron chi connectivity index (χ0n) is 16.0. The van der Waals surface area contributed by atoms with Crippen molar-refractivity contribution < 1.29 is 4.74 Å². The van der Waals surface area contributed by atoms with Crippen LogP contribution in [0.25, 0.3) is 0 Å². The lowest BCUT2D eigenvalue weighted by Gasteiger charge is -2.46. The van der Waals surface area contributed by atoms with Crippen molar-refractivity contribution in [3.63, 3.8) is 0 Å². The van der Waals surface area contributed by atoms with Crippen molar-refractivity contribution in [3.8, 4) is 0 Å². The summed E-state index contributed by atoms with van der Waals surface area (Å²) in [5.74, 6) is 0. The van der Waals surface area contributed by atoms with Crippen LogP contribution in [-0.2, 0) is 16.6 Å². The molecule has 4 nitrogen and oxygen atoms in total. The molecule has 2 aromatic heterocycles. The number of rotatable bonds is 6. The summed E-state index contributed by atoms with van der Waals surface area (Å²) in [4.78, 5) is 4.80. The van der Waals surface area contributed by atoms with Gasteiger partial charge in [0.2, 0.25) is 0 Å². The Morgan fingerprint density at radius 1 is 1.15 bits per heavy atom. The van der Waals surface area contributed by atoms with Crippen LogP contribution in [0, 0.1) is 6.92 Å². The van der Waals surface area contributed by atoms with Gasteiger partial charge in [0, 0.05) is 29.6 Å². The van der Waals surface area contributed by atoms with Crippen molar-refractivity contribution >= 4 is 0 Å². The lowest BCUT2D eigenvalue weighted by atomic mass is 9.67. The summed E-state index contributed by atoms with van der Waals surface area (Å²) >= 11 is 0. The van der Waals surface area contributed by atoms with E-state index in [0.29, 0.717) is 0 Å². The van der Waals surface area contributed by atoms with E-state index in [0.717, 1.165) is 25.9 Å². The van der Waals surface area contributed by atoms with E-state index in [9.17, 15) is 0 Å². The molecule has 3 heterocycles. The van der Waals surface area contributed by atoms with Gasteiger partial charge in [-0.05, 0) is 69.6 Å². The van der Waals surface area contributed by atoms with Crippen molar-refractivity contribution in [2.24, 2.45) is 0 Å². The molecule has 1 saturated carbocycles. The molecule has 1 aliphatic carbocycles. The van der Waals surface area contributed by atoms with Crippen LogP contribution < -0.4 is 0 Å². The molecule has 0 amide bonds. The minimum Gasteiger partial charge on any atom is -0.375 e. The van der Waals surface area contributed by atoms with Gasteiger partial charge in [-0.1, -0.05) is 25.3 Å². The minimum absolute atomic E-state index is 0.122. The van der Waals surface area contributed by atoms with Crippen molar-refractivity contribution in [2.45, 2.75) is 82.1 Å². The number of H-pyrrole nitrogens is 1. The Morgan fingerprint density at radius 2 is 2.04 bits per heavy atom. The summed E-state index contributed by atoms with van der Waals surface area (Å²) in [6.45, 7) is 3.00. The highest BCUT2D eigenvalue weighted by atomic mass is 16.5. The van der Waals surface area contributed by atoms with Gasteiger partial charge in [0.15, 0.2) is 0 Å². The van der Waals surface area contributed by atoms with Gasteiger partial charge in [0.25, 0.3) is 0 Å². The van der Waals surface area contributed by atoms with E-state index in [1.807, 2.05) is 18.5 Å². The number of nitrogens with one attached hydrogen (secondary N) is 1. The molecule has 1 aliphatic heterocycles. The average Bonchev–Trinajstić information content (AvgIpc) is 3.29. The predicted molar refractivity (Wildman–Crippen MR) is 103 cm³/mol. The number of aromatic nitrogens is 3. The molecular weight excluding hydrogens is 322 g/mol. The van der Waals surface area contributed by atoms with E-state index in [2.05, 4.69) is 29.3 Å². The van der Waals surface area contributed by atoms with Crippen molar-refractivity contribution in [1.29, 1.82) is 0 Å². The lowest BCUT2D eigenvalue weighted by Crippen LogP contribution is -2.46. The van der Waals surface area contributed by atoms with Crippen molar-refractivity contribution in [2.75, 3.05) is 6.61 Å². The van der Waals surface area contributed by atoms with Crippen LogP contribution in [0.3, 0.4) is 0 Å². The molecule has 0 radical (unpaired) electrons. The minimum atomic E-state index is 0.122. The molecule has 2 fully saturated rings. The third-order valence-electron chi connectivity index (χ3n) is 6.66. The smallest absolute Gasteiger partial charge is 0.0691 e. The Balaban J connectivity index is 1.47. The SMILES string of the molecule is Cc1[nH]ncc1CCCCC1(c2ccccn2)CCOC2(CCCC2)C1. The maximum Gasteiger partial charge on any atom is 0.0691 e. The summed E-state index contributed by atoms with van der Waals surface area (Å²) in [7, 11) is 0. The van der Waals surface area contributed by atoms with Gasteiger partial charge < -0.3 is 4.74 Å². The Morgan fingerprint density at radius 3 is 2.77 bits per heavy atom. The van der Waals surface area contributed by atoms with Gasteiger partial charge in [-0.2, -0.15) is 5.10 Å². The number of ether oxygens (including phenoxy) is 1. The van der Waals surface area contributed by atoms with E-state index >= 15 is 0 Å². The largest absolute Gasteiger partial charge is 0.375 e. The fourth-order valence-corrected chi connectivity index (χ4v) is 5.20. The molecule has 0 bridgehead atoms. The van der Waals surface area contributed by atoms with Crippen LogP contribution in [0.2, 0.25) is 0 Å². The zero-order chi connectivity index (χ0) is 17.9. The molecule has 1 unspecified atom stereocenters. The van der Waals surface area contributed by atoms with Gasteiger partial charge in [0.1, 0.15) is 0 Å². The van der Waals surface area contributed by atoms with Gasteiger partial charge >= 0.3 is 0 Å². The molecule has 4 heteroatoms. The first-order valence-electron chi connectivity index (χ1n) is 10.3. The summed E-state index contributed by atoms with van der Waals surface area (Å²) in [6, 6.07) is 6.42. The molecule has 1 atom stereocenters. The zero-order valence-corrected chi connectivity index (χ0v) is 16.0. The third-order valence-corrected chi connectivity index (χ3v) is 6.66. The Kier molecular flexibility index (Phi) is 5.12. The third kappa shape index (κ3) is 3.57. The van der Waals surface area contributed by atoms with Crippen LogP contribution in [0.15, 0.2) is 30.6 Å². The summed E-state index contributed by atoms with van der Waals surface area (Å²) < 4.78 is 6.34. The molecule has 26 heavy (non-hydrogen) atoms. The van der Waals surface area contributed by atoms with Gasteiger partial charge in [-0.15, -0.1) is 0 Å². The van der Waals surface area contributed by atoms with Gasteiger partial charge in [0.05, 0.1) is 11.8 Å². The van der Waals surface area contributed by atoms with E-state index in [-0.39, 0.29) is 11.0 Å². The van der Waals surface area contributed by atoms with Crippen molar-refractivity contribution in [1.82, 2.24) is 15.2 Å². The number of nitrogens with zero attached hydrogens (tertiary/aromatic N) is 2. The second kappa shape index (κ2) is 7.51. The highest BCUT2D eigenvalue weighted by Crippen LogP contribution is 2.50. The summed E-state index contributed by atoms with van der Waals surface area (Å²) in [5, 5.41) is 7.20. The molecule has 0 aromatic carbocycles. The first-order valence-corrected chi connectivity index (χ1v) is 10.3. The van der Waals surface area contributed by atoms with E-state index in [1.54, 1.807) is 0 Å². The fourth-order valence-electron chi connectivity index (χ4n) is 5.20. The highest BCUT2D eigenvalue weighted by Gasteiger charge is 2.48. The maximum absolute atomic E-state index is 6.34. The lowest BCUT2D eigenvalue weighted by molar-refractivity contribution is -0.104. The Hall–Kier alpha value is -1.68. The van der Waals surface area contributed by atoms with Gasteiger partial charge in [-0.3, -0.25) is 10.1 Å². The maximum atomic E-state index is 6.34. The fraction of sp³-hybridized carbons (Fsp3) is 0.636. The Bertz CT molecular complexity index is 705. The number of hydrogen-bond acceptors (Lipinski definition) is 3. The highest BCUT2D eigenvalue weighted by molar-refractivity contribution is 5.21. The van der Waals surface area contributed by atoms with E-state index in [4.69, 9.17) is 9.72 Å². The average molecular weight is 354 g/mol. The quantitative estimate of drug-likeness (QED) is 0.753. The summed E-state index contributed by atoms with van der Waals surface area (Å²) in [6.07, 6.45) is 16.1. The monoisotopic (exact) mass is 353 g/mol. The molecule has 1 N–H and O–H groups in total. The molecule has 140 valence electrons. The standard InChI is InChI=1S/C22H31N3O/c1-18-19(16-24-25-18)8-2-4-10-21(20-9-3-7-14-23-20)13-15-26-22(17-21)11-5-6-12-22/h3,7,9,14,16H,2,4-6,8,10-13,15,17H2,1H3,(H,24,25). The number of unbranched alkanes of at least 4 members (excludes halogenated alkanes) is 1. The van der Waals surface area contributed by atoms with Crippen molar-refractivity contribution in [3.05, 3.63) is 47.5 Å². The normalized spacial score (nSPS) is 25.0. The Labute approximate surface area is 156 Å². The number of pyridine rings is 1.